The van der Waals surface area contributed by atoms with E-state index in [-0.39, 0.29) is 18.9 Å². The van der Waals surface area contributed by atoms with Crippen LogP contribution in [0.2, 0.25) is 0 Å². The second kappa shape index (κ2) is 19.5. The molecule has 0 saturated carbocycles. The molecular formula is C15H30O15. The quantitative estimate of drug-likeness (QED) is 0.123. The number of rotatable bonds is 12. The minimum atomic E-state index is -1.64. The van der Waals surface area contributed by atoms with Crippen LogP contribution in [0.15, 0.2) is 0 Å². The third kappa shape index (κ3) is 14.5. The molecule has 0 aromatic carbocycles. The SMILES string of the molecule is O=C[C@@H](O)[C@H](O)[C@H](O)CO.O=C[C@H](O)[C@@H](O)[C@@H](O)CO.O=C[C@H](O)[C@H](O)[C@H](O)CO. The molecule has 0 unspecified atom stereocenters. The lowest BCUT2D eigenvalue weighted by molar-refractivity contribution is -0.128. The van der Waals surface area contributed by atoms with Crippen molar-refractivity contribution in [1.29, 1.82) is 0 Å². The van der Waals surface area contributed by atoms with Gasteiger partial charge in [-0.2, -0.15) is 0 Å². The van der Waals surface area contributed by atoms with E-state index in [0.717, 1.165) is 0 Å². The second-order valence-corrected chi connectivity index (χ2v) is 5.60. The lowest BCUT2D eigenvalue weighted by atomic mass is 10.1. The minimum Gasteiger partial charge on any atom is -0.394 e. The van der Waals surface area contributed by atoms with Crippen molar-refractivity contribution in [3.63, 3.8) is 0 Å². The summed E-state index contributed by atoms with van der Waals surface area (Å²) in [5.74, 6) is 0. The number of aliphatic hydroxyl groups excluding tert-OH is 12. The summed E-state index contributed by atoms with van der Waals surface area (Å²) in [5, 5.41) is 102. The summed E-state index contributed by atoms with van der Waals surface area (Å²) in [7, 11) is 0. The molecule has 0 bridgehead atoms. The van der Waals surface area contributed by atoms with Crippen molar-refractivity contribution in [2.75, 3.05) is 19.8 Å². The van der Waals surface area contributed by atoms with Gasteiger partial charge in [0.1, 0.15) is 54.9 Å². The van der Waals surface area contributed by atoms with Crippen molar-refractivity contribution in [2.24, 2.45) is 0 Å². The Bertz CT molecular complexity index is 374. The summed E-state index contributed by atoms with van der Waals surface area (Å²) < 4.78 is 0. The molecule has 12 N–H and O–H groups in total. The van der Waals surface area contributed by atoms with Gasteiger partial charge in [-0.3, -0.25) is 0 Å². The van der Waals surface area contributed by atoms with Gasteiger partial charge in [0, 0.05) is 0 Å². The lowest BCUT2D eigenvalue weighted by Crippen LogP contribution is -2.40. The molecule has 0 aromatic rings. The molecule has 0 fully saturated rings. The van der Waals surface area contributed by atoms with Crippen molar-refractivity contribution in [2.45, 2.75) is 54.9 Å². The molecule has 180 valence electrons. The molecule has 0 aliphatic carbocycles. The number of aliphatic hydroxyl groups is 12. The first kappa shape index (κ1) is 33.2. The Kier molecular flexibility index (Phi) is 21.6. The molecule has 15 heteroatoms. The highest BCUT2D eigenvalue weighted by Crippen LogP contribution is 1.97. The zero-order valence-corrected chi connectivity index (χ0v) is 15.6. The molecule has 0 amide bonds. The summed E-state index contributed by atoms with van der Waals surface area (Å²) in [4.78, 5) is 29.3. The van der Waals surface area contributed by atoms with E-state index in [1.54, 1.807) is 0 Å². The van der Waals surface area contributed by atoms with Crippen LogP contribution < -0.4 is 0 Å². The maximum atomic E-state index is 9.76. The van der Waals surface area contributed by atoms with Gasteiger partial charge < -0.3 is 75.7 Å². The van der Waals surface area contributed by atoms with Crippen LogP contribution in [0.1, 0.15) is 0 Å². The first-order valence-electron chi connectivity index (χ1n) is 8.20. The number of hydrogen-bond acceptors (Lipinski definition) is 15. The molecule has 15 nitrogen and oxygen atoms in total. The van der Waals surface area contributed by atoms with E-state index in [4.69, 9.17) is 61.3 Å². The number of carbonyl (C=O) groups is 3. The molecule has 9 atom stereocenters. The summed E-state index contributed by atoms with van der Waals surface area (Å²) in [6.07, 6.45) is -13.9. The highest BCUT2D eigenvalue weighted by Gasteiger charge is 2.24. The molecule has 0 rings (SSSR count). The van der Waals surface area contributed by atoms with Crippen LogP contribution in [-0.2, 0) is 14.4 Å². The van der Waals surface area contributed by atoms with Gasteiger partial charge >= 0.3 is 0 Å². The lowest BCUT2D eigenvalue weighted by Gasteiger charge is -2.16. The van der Waals surface area contributed by atoms with Crippen LogP contribution in [0.25, 0.3) is 0 Å². The fourth-order valence-corrected chi connectivity index (χ4v) is 1.25. The van der Waals surface area contributed by atoms with E-state index in [9.17, 15) is 14.4 Å². The Hall–Kier alpha value is -1.47. The van der Waals surface area contributed by atoms with Crippen molar-refractivity contribution in [3.8, 4) is 0 Å². The average molecular weight is 450 g/mol. The highest BCUT2D eigenvalue weighted by atomic mass is 16.4. The van der Waals surface area contributed by atoms with Crippen LogP contribution in [0.4, 0.5) is 0 Å². The summed E-state index contributed by atoms with van der Waals surface area (Å²) in [6.45, 7) is -2.07. The largest absolute Gasteiger partial charge is 0.394 e. The highest BCUT2D eigenvalue weighted by molar-refractivity contribution is 5.57. The second-order valence-electron chi connectivity index (χ2n) is 5.60. The number of carbonyl (C=O) groups excluding carboxylic acids is 3. The van der Waals surface area contributed by atoms with Crippen molar-refractivity contribution in [1.82, 2.24) is 0 Å². The Morgan fingerprint density at radius 2 is 0.600 bits per heavy atom. The predicted octanol–water partition coefficient (Wildman–Crippen LogP) is -8.22. The van der Waals surface area contributed by atoms with Gasteiger partial charge in [0.25, 0.3) is 0 Å². The number of aldehydes is 3. The fraction of sp³-hybridized carbons (Fsp3) is 0.800. The summed E-state index contributed by atoms with van der Waals surface area (Å²) >= 11 is 0. The van der Waals surface area contributed by atoms with E-state index in [1.807, 2.05) is 0 Å². The zero-order chi connectivity index (χ0) is 24.4. The topological polar surface area (TPSA) is 294 Å². The summed E-state index contributed by atoms with van der Waals surface area (Å²) in [5.41, 5.74) is 0. The van der Waals surface area contributed by atoms with Crippen molar-refractivity contribution >= 4 is 18.9 Å². The maximum absolute atomic E-state index is 9.76. The third-order valence-corrected chi connectivity index (χ3v) is 3.21. The van der Waals surface area contributed by atoms with Gasteiger partial charge in [-0.05, 0) is 0 Å². The molecule has 0 radical (unpaired) electrons. The number of hydrogen-bond donors (Lipinski definition) is 12. The predicted molar refractivity (Wildman–Crippen MR) is 93.5 cm³/mol. The van der Waals surface area contributed by atoms with E-state index >= 15 is 0 Å². The molecule has 0 aliphatic heterocycles. The van der Waals surface area contributed by atoms with E-state index in [1.165, 1.54) is 0 Å². The molecule has 0 heterocycles. The van der Waals surface area contributed by atoms with E-state index < -0.39 is 74.8 Å². The Labute approximate surface area is 170 Å². The van der Waals surface area contributed by atoms with E-state index in [2.05, 4.69) is 0 Å². The minimum absolute atomic E-state index is 0.0869. The maximum Gasteiger partial charge on any atom is 0.151 e. The molecule has 0 spiro atoms. The van der Waals surface area contributed by atoms with Gasteiger partial charge in [0.2, 0.25) is 0 Å². The zero-order valence-electron chi connectivity index (χ0n) is 15.6. The average Bonchev–Trinajstić information content (AvgIpc) is 2.79. The molecule has 0 aromatic heterocycles. The Morgan fingerprint density at radius 3 is 0.700 bits per heavy atom. The standard InChI is InChI=1S/3C5H10O5/c3*6-1-3(8)5(10)4(9)2-7/h3*1,3-5,7-10H,2H2/t3-,4+,5-;2*3-,4-,5+/m010/s1. The van der Waals surface area contributed by atoms with Gasteiger partial charge in [-0.25, -0.2) is 0 Å². The first-order chi connectivity index (χ1) is 13.9. The van der Waals surface area contributed by atoms with Crippen LogP contribution in [0.3, 0.4) is 0 Å². The molecule has 0 saturated heterocycles. The van der Waals surface area contributed by atoms with Crippen LogP contribution in [0.5, 0.6) is 0 Å². The molecule has 30 heavy (non-hydrogen) atoms. The summed E-state index contributed by atoms with van der Waals surface area (Å²) in [6, 6.07) is 0. The third-order valence-electron chi connectivity index (χ3n) is 3.21. The Morgan fingerprint density at radius 1 is 0.433 bits per heavy atom. The van der Waals surface area contributed by atoms with Crippen LogP contribution in [-0.4, -0.2) is 155 Å². The monoisotopic (exact) mass is 450 g/mol. The molecular weight excluding hydrogens is 420 g/mol. The van der Waals surface area contributed by atoms with Crippen molar-refractivity contribution < 1.29 is 75.7 Å². The van der Waals surface area contributed by atoms with Crippen molar-refractivity contribution in [3.05, 3.63) is 0 Å². The first-order valence-corrected chi connectivity index (χ1v) is 8.20. The van der Waals surface area contributed by atoms with E-state index in [0.29, 0.717) is 0 Å². The van der Waals surface area contributed by atoms with Crippen LogP contribution in [0, 0.1) is 0 Å². The van der Waals surface area contributed by atoms with Gasteiger partial charge in [0.05, 0.1) is 19.8 Å². The van der Waals surface area contributed by atoms with Crippen LogP contribution >= 0.6 is 0 Å². The fourth-order valence-electron chi connectivity index (χ4n) is 1.25. The van der Waals surface area contributed by atoms with Gasteiger partial charge in [0.15, 0.2) is 18.9 Å². The normalized spacial score (nSPS) is 19.6. The van der Waals surface area contributed by atoms with Gasteiger partial charge in [-0.1, -0.05) is 0 Å². The van der Waals surface area contributed by atoms with Gasteiger partial charge in [-0.15, -0.1) is 0 Å². The Balaban J connectivity index is -0.000000364. The smallest absolute Gasteiger partial charge is 0.151 e. The molecule has 0 aliphatic rings.